The second-order valence-corrected chi connectivity index (χ2v) is 6.14. The monoisotopic (exact) mass is 448 g/mol. The normalized spacial score (nSPS) is 12.6. The Balaban J connectivity index is 0.00000264. The van der Waals surface area contributed by atoms with E-state index in [4.69, 9.17) is 4.42 Å². The van der Waals surface area contributed by atoms with Crippen molar-refractivity contribution < 1.29 is 4.42 Å². The van der Waals surface area contributed by atoms with Gasteiger partial charge in [0.1, 0.15) is 5.76 Å². The summed E-state index contributed by atoms with van der Waals surface area (Å²) in [5.74, 6) is 2.29. The van der Waals surface area contributed by atoms with Crippen LogP contribution in [0.25, 0.3) is 0 Å². The third kappa shape index (κ3) is 6.50. The highest BCUT2D eigenvalue weighted by Crippen LogP contribution is 2.18. The number of hydrogen-bond donors (Lipinski definition) is 1. The van der Waals surface area contributed by atoms with Gasteiger partial charge in [-0.05, 0) is 19.1 Å². The van der Waals surface area contributed by atoms with Gasteiger partial charge in [0.25, 0.3) is 0 Å². The minimum absolute atomic E-state index is 0. The summed E-state index contributed by atoms with van der Waals surface area (Å²) in [4.78, 5) is 11.2. The van der Waals surface area contributed by atoms with Gasteiger partial charge < -0.3 is 14.6 Å². The number of hydrogen-bond acceptors (Lipinski definition) is 4. The number of furan rings is 1. The van der Waals surface area contributed by atoms with Crippen molar-refractivity contribution in [2.75, 3.05) is 26.7 Å². The third-order valence-electron chi connectivity index (χ3n) is 3.32. The van der Waals surface area contributed by atoms with Crippen LogP contribution < -0.4 is 5.32 Å². The summed E-state index contributed by atoms with van der Waals surface area (Å²) in [7, 11) is 2.07. The van der Waals surface area contributed by atoms with E-state index in [1.54, 1.807) is 17.6 Å². The summed E-state index contributed by atoms with van der Waals surface area (Å²) in [6.07, 6.45) is 4.38. The van der Waals surface area contributed by atoms with Crippen LogP contribution in [0, 0.1) is 0 Å². The summed E-state index contributed by atoms with van der Waals surface area (Å²) in [5.41, 5.74) is 0. The fourth-order valence-corrected chi connectivity index (χ4v) is 2.94. The van der Waals surface area contributed by atoms with Crippen LogP contribution in [0.4, 0.5) is 0 Å². The lowest BCUT2D eigenvalue weighted by atomic mass is 10.2. The molecule has 128 valence electrons. The molecule has 0 aliphatic rings. The molecule has 0 saturated carbocycles. The molecule has 0 aliphatic carbocycles. The number of aromatic nitrogens is 1. The SMILES string of the molecule is CCNC(=NCCc1ccco1)N(C)CC(C)c1nccs1.I. The van der Waals surface area contributed by atoms with Crippen LogP contribution in [0.5, 0.6) is 0 Å². The average molecular weight is 448 g/mol. The highest BCUT2D eigenvalue weighted by molar-refractivity contribution is 14.0. The van der Waals surface area contributed by atoms with Gasteiger partial charge in [-0.3, -0.25) is 4.99 Å². The van der Waals surface area contributed by atoms with E-state index in [9.17, 15) is 0 Å². The number of guanidine groups is 1. The molecule has 1 N–H and O–H groups in total. The molecule has 2 heterocycles. The first-order chi connectivity index (χ1) is 10.7. The molecule has 23 heavy (non-hydrogen) atoms. The minimum atomic E-state index is 0. The Kier molecular flexibility index (Phi) is 9.23. The van der Waals surface area contributed by atoms with E-state index in [1.807, 2.05) is 23.7 Å². The van der Waals surface area contributed by atoms with Crippen molar-refractivity contribution in [2.45, 2.75) is 26.2 Å². The fourth-order valence-electron chi connectivity index (χ4n) is 2.25. The van der Waals surface area contributed by atoms with Crippen LogP contribution in [0.2, 0.25) is 0 Å². The summed E-state index contributed by atoms with van der Waals surface area (Å²) in [6, 6.07) is 3.89. The van der Waals surface area contributed by atoms with Crippen LogP contribution in [-0.2, 0) is 6.42 Å². The topological polar surface area (TPSA) is 53.7 Å². The minimum Gasteiger partial charge on any atom is -0.469 e. The Morgan fingerprint density at radius 3 is 2.96 bits per heavy atom. The molecule has 0 aliphatic heterocycles. The zero-order chi connectivity index (χ0) is 15.8. The first-order valence-electron chi connectivity index (χ1n) is 7.62. The van der Waals surface area contributed by atoms with E-state index >= 15 is 0 Å². The largest absolute Gasteiger partial charge is 0.469 e. The van der Waals surface area contributed by atoms with E-state index in [1.165, 1.54) is 5.01 Å². The first-order valence-corrected chi connectivity index (χ1v) is 8.50. The number of nitrogens with zero attached hydrogens (tertiary/aromatic N) is 3. The molecule has 5 nitrogen and oxygen atoms in total. The van der Waals surface area contributed by atoms with Gasteiger partial charge in [0.05, 0.1) is 11.3 Å². The van der Waals surface area contributed by atoms with Crippen molar-refractivity contribution in [1.82, 2.24) is 15.2 Å². The lowest BCUT2D eigenvalue weighted by Gasteiger charge is -2.24. The van der Waals surface area contributed by atoms with Crippen molar-refractivity contribution in [3.05, 3.63) is 40.7 Å². The zero-order valence-corrected chi connectivity index (χ0v) is 17.0. The Labute approximate surface area is 159 Å². The maximum atomic E-state index is 5.34. The Hall–Kier alpha value is -1.09. The number of thiazole rings is 1. The number of nitrogens with one attached hydrogen (secondary N) is 1. The van der Waals surface area contributed by atoms with E-state index in [2.05, 4.69) is 41.1 Å². The average Bonchev–Trinajstić information content (AvgIpc) is 3.19. The third-order valence-corrected chi connectivity index (χ3v) is 4.32. The highest BCUT2D eigenvalue weighted by atomic mass is 127. The zero-order valence-electron chi connectivity index (χ0n) is 13.9. The lowest BCUT2D eigenvalue weighted by Crippen LogP contribution is -2.40. The van der Waals surface area contributed by atoms with E-state index in [0.29, 0.717) is 12.5 Å². The maximum Gasteiger partial charge on any atom is 0.193 e. The van der Waals surface area contributed by atoms with E-state index in [-0.39, 0.29) is 24.0 Å². The van der Waals surface area contributed by atoms with Gasteiger partial charge in [-0.2, -0.15) is 0 Å². The van der Waals surface area contributed by atoms with Crippen molar-refractivity contribution in [2.24, 2.45) is 4.99 Å². The van der Waals surface area contributed by atoms with Crippen LogP contribution in [0.3, 0.4) is 0 Å². The molecular formula is C16H25IN4OS. The first kappa shape index (κ1) is 20.0. The molecule has 1 unspecified atom stereocenters. The Morgan fingerprint density at radius 1 is 1.52 bits per heavy atom. The molecule has 2 rings (SSSR count). The predicted molar refractivity (Wildman–Crippen MR) is 107 cm³/mol. The van der Waals surface area contributed by atoms with Crippen LogP contribution in [-0.4, -0.2) is 42.5 Å². The lowest BCUT2D eigenvalue weighted by molar-refractivity contribution is 0.445. The van der Waals surface area contributed by atoms with E-state index in [0.717, 1.165) is 31.2 Å². The molecule has 0 amide bonds. The van der Waals surface area contributed by atoms with Crippen LogP contribution in [0.1, 0.15) is 30.5 Å². The van der Waals surface area contributed by atoms with Crippen molar-refractivity contribution in [1.29, 1.82) is 0 Å². The Bertz CT molecular complexity index is 557. The smallest absolute Gasteiger partial charge is 0.193 e. The molecule has 0 saturated heterocycles. The fraction of sp³-hybridized carbons (Fsp3) is 0.500. The molecule has 2 aromatic rings. The van der Waals surface area contributed by atoms with Gasteiger partial charge in [0.15, 0.2) is 5.96 Å². The van der Waals surface area contributed by atoms with Crippen molar-refractivity contribution in [3.8, 4) is 0 Å². The van der Waals surface area contributed by atoms with Crippen molar-refractivity contribution in [3.63, 3.8) is 0 Å². The second-order valence-electron chi connectivity index (χ2n) is 5.22. The van der Waals surface area contributed by atoms with Gasteiger partial charge in [-0.15, -0.1) is 35.3 Å². The standard InChI is InChI=1S/C16H24N4OS.HI/c1-4-17-16(19-8-7-14-6-5-10-21-14)20(3)12-13(2)15-18-9-11-22-15;/h5-6,9-11,13H,4,7-8,12H2,1-3H3,(H,17,19);1H. The van der Waals surface area contributed by atoms with Crippen LogP contribution >= 0.6 is 35.3 Å². The molecule has 0 spiro atoms. The number of halogens is 1. The van der Waals surface area contributed by atoms with Crippen molar-refractivity contribution >= 4 is 41.3 Å². The van der Waals surface area contributed by atoms with Gasteiger partial charge in [0.2, 0.25) is 0 Å². The van der Waals surface area contributed by atoms with Crippen LogP contribution in [0.15, 0.2) is 39.4 Å². The predicted octanol–water partition coefficient (Wildman–Crippen LogP) is 3.60. The summed E-state index contributed by atoms with van der Waals surface area (Å²) >= 11 is 1.70. The summed E-state index contributed by atoms with van der Waals surface area (Å²) < 4.78 is 5.34. The molecule has 2 aromatic heterocycles. The molecule has 0 aromatic carbocycles. The molecular weight excluding hydrogens is 423 g/mol. The van der Waals surface area contributed by atoms with Gasteiger partial charge in [-0.25, -0.2) is 4.98 Å². The molecule has 0 fully saturated rings. The van der Waals surface area contributed by atoms with Gasteiger partial charge in [-0.1, -0.05) is 6.92 Å². The molecule has 0 radical (unpaired) electrons. The van der Waals surface area contributed by atoms with Gasteiger partial charge >= 0.3 is 0 Å². The summed E-state index contributed by atoms with van der Waals surface area (Å²) in [6.45, 7) is 6.74. The second kappa shape index (κ2) is 10.6. The highest BCUT2D eigenvalue weighted by Gasteiger charge is 2.13. The quantitative estimate of drug-likeness (QED) is 0.400. The Morgan fingerprint density at radius 2 is 2.35 bits per heavy atom. The number of likely N-dealkylation sites (N-methyl/N-ethyl adjacent to an activating group) is 1. The van der Waals surface area contributed by atoms with E-state index < -0.39 is 0 Å². The molecule has 1 atom stereocenters. The molecule has 0 bridgehead atoms. The maximum absolute atomic E-state index is 5.34. The summed E-state index contributed by atoms with van der Waals surface area (Å²) in [5, 5.41) is 6.53. The number of rotatable bonds is 7. The van der Waals surface area contributed by atoms with Gasteiger partial charge in [0, 0.05) is 50.6 Å². The number of aliphatic imine (C=N–C) groups is 1. The molecule has 7 heteroatoms.